The van der Waals surface area contributed by atoms with E-state index < -0.39 is 5.97 Å². The molecule has 5 aromatic rings. The van der Waals surface area contributed by atoms with Crippen molar-refractivity contribution < 1.29 is 9.90 Å². The van der Waals surface area contributed by atoms with Crippen molar-refractivity contribution in [2.75, 3.05) is 11.4 Å². The van der Waals surface area contributed by atoms with Crippen molar-refractivity contribution >= 4 is 34.0 Å². The van der Waals surface area contributed by atoms with Gasteiger partial charge in [-0.15, -0.1) is 11.3 Å². The van der Waals surface area contributed by atoms with Gasteiger partial charge in [-0.3, -0.25) is 9.69 Å². The van der Waals surface area contributed by atoms with E-state index >= 15 is 0 Å². The molecule has 0 bridgehead atoms. The summed E-state index contributed by atoms with van der Waals surface area (Å²) in [4.78, 5) is 23.2. The zero-order chi connectivity index (χ0) is 31.2. The number of benzene rings is 3. The van der Waals surface area contributed by atoms with Gasteiger partial charge < -0.3 is 14.6 Å². The molecule has 2 aromatic heterocycles. The van der Waals surface area contributed by atoms with Gasteiger partial charge in [0, 0.05) is 41.6 Å². The van der Waals surface area contributed by atoms with Crippen LogP contribution in [0.15, 0.2) is 84.9 Å². The summed E-state index contributed by atoms with van der Waals surface area (Å²) in [6.45, 7) is 10.9. The van der Waals surface area contributed by atoms with Crippen LogP contribution >= 0.6 is 11.3 Å². The number of aromatic nitrogens is 2. The lowest BCUT2D eigenvalue weighted by atomic mass is 9.94. The van der Waals surface area contributed by atoms with E-state index in [4.69, 9.17) is 4.98 Å². The van der Waals surface area contributed by atoms with Gasteiger partial charge in [-0.25, -0.2) is 4.98 Å². The van der Waals surface area contributed by atoms with Crippen LogP contribution in [-0.4, -0.2) is 38.1 Å². The minimum absolute atomic E-state index is 0.0436. The third-order valence-corrected chi connectivity index (χ3v) is 9.66. The van der Waals surface area contributed by atoms with E-state index in [1.54, 1.807) is 11.3 Å². The largest absolute Gasteiger partial charge is 0.480 e. The highest BCUT2D eigenvalue weighted by atomic mass is 32.1. The van der Waals surface area contributed by atoms with Crippen molar-refractivity contribution in [2.24, 2.45) is 7.05 Å². The first-order valence-electron chi connectivity index (χ1n) is 15.6. The van der Waals surface area contributed by atoms with Crippen molar-refractivity contribution in [3.63, 3.8) is 0 Å². The summed E-state index contributed by atoms with van der Waals surface area (Å²) in [6.07, 6.45) is 2.34. The number of anilines is 1. The molecule has 0 aliphatic heterocycles. The van der Waals surface area contributed by atoms with E-state index in [-0.39, 0.29) is 6.54 Å². The van der Waals surface area contributed by atoms with E-state index in [0.717, 1.165) is 28.3 Å². The molecule has 1 N–H and O–H groups in total. The molecule has 0 saturated heterocycles. The molecule has 0 unspecified atom stereocenters. The number of imidazole rings is 1. The second-order valence-electron chi connectivity index (χ2n) is 11.9. The van der Waals surface area contributed by atoms with Gasteiger partial charge in [0.25, 0.3) is 0 Å². The number of fused-ring (bicyclic) bond motifs is 1. The SMILES string of the molecule is CCC(CC)c1ccc(N(Cc2ccc(-c3ccc(CN(CC(=O)O)Cc4nc5ccccc5n4C)s3)cc2)C(C)C)cc1. The molecule has 0 saturated carbocycles. The first-order chi connectivity index (χ1) is 21.2. The summed E-state index contributed by atoms with van der Waals surface area (Å²) in [5, 5.41) is 9.61. The molecular weight excluding hydrogens is 565 g/mol. The van der Waals surface area contributed by atoms with Crippen LogP contribution in [0.1, 0.15) is 68.3 Å². The molecule has 0 spiro atoms. The van der Waals surface area contributed by atoms with Crippen LogP contribution in [-0.2, 0) is 31.5 Å². The highest BCUT2D eigenvalue weighted by Crippen LogP contribution is 2.31. The Bertz CT molecular complexity index is 1670. The van der Waals surface area contributed by atoms with E-state index in [9.17, 15) is 9.90 Å². The zero-order valence-electron chi connectivity index (χ0n) is 26.5. The summed E-state index contributed by atoms with van der Waals surface area (Å²) >= 11 is 1.72. The van der Waals surface area contributed by atoms with Crippen LogP contribution in [0, 0.1) is 0 Å². The number of aryl methyl sites for hydroxylation is 1. The van der Waals surface area contributed by atoms with E-state index in [1.165, 1.54) is 40.1 Å². The van der Waals surface area contributed by atoms with Crippen LogP contribution in [0.25, 0.3) is 21.5 Å². The Morgan fingerprint density at radius 3 is 2.23 bits per heavy atom. The van der Waals surface area contributed by atoms with Crippen LogP contribution in [0.5, 0.6) is 0 Å². The van der Waals surface area contributed by atoms with Gasteiger partial charge in [-0.1, -0.05) is 62.4 Å². The molecule has 0 fully saturated rings. The fourth-order valence-corrected chi connectivity index (χ4v) is 7.03. The lowest BCUT2D eigenvalue weighted by Crippen LogP contribution is -2.30. The Balaban J connectivity index is 1.26. The smallest absolute Gasteiger partial charge is 0.317 e. The molecule has 0 aliphatic rings. The Morgan fingerprint density at radius 1 is 0.886 bits per heavy atom. The topological polar surface area (TPSA) is 61.6 Å². The van der Waals surface area contributed by atoms with Gasteiger partial charge in [0.2, 0.25) is 0 Å². The Morgan fingerprint density at radius 2 is 1.59 bits per heavy atom. The maximum atomic E-state index is 11.7. The molecule has 0 radical (unpaired) electrons. The first kappa shape index (κ1) is 31.5. The van der Waals surface area contributed by atoms with Crippen LogP contribution < -0.4 is 4.90 Å². The van der Waals surface area contributed by atoms with Crippen LogP contribution in [0.2, 0.25) is 0 Å². The van der Waals surface area contributed by atoms with Crippen molar-refractivity contribution in [1.82, 2.24) is 14.5 Å². The number of hydrogen-bond acceptors (Lipinski definition) is 5. The number of carboxylic acids is 1. The fourth-order valence-electron chi connectivity index (χ4n) is 5.98. The number of rotatable bonds is 14. The molecule has 2 heterocycles. The molecule has 6 nitrogen and oxygen atoms in total. The van der Waals surface area contributed by atoms with Crippen molar-refractivity contribution in [3.05, 3.63) is 107 Å². The molecule has 0 atom stereocenters. The lowest BCUT2D eigenvalue weighted by molar-refractivity contribution is -0.138. The van der Waals surface area contributed by atoms with Crippen LogP contribution in [0.3, 0.4) is 0 Å². The van der Waals surface area contributed by atoms with Gasteiger partial charge in [-0.05, 0) is 85.7 Å². The maximum Gasteiger partial charge on any atom is 0.317 e. The maximum absolute atomic E-state index is 11.7. The number of carboxylic acid groups (broad SMARTS) is 1. The first-order valence-corrected chi connectivity index (χ1v) is 16.5. The Hall–Kier alpha value is -3.94. The number of hydrogen-bond donors (Lipinski definition) is 1. The highest BCUT2D eigenvalue weighted by Gasteiger charge is 2.17. The molecule has 3 aromatic carbocycles. The second-order valence-corrected chi connectivity index (χ2v) is 13.1. The fraction of sp³-hybridized carbons (Fsp3) is 0.351. The lowest BCUT2D eigenvalue weighted by Gasteiger charge is -2.30. The minimum atomic E-state index is -0.839. The number of aliphatic carboxylic acids is 1. The van der Waals surface area contributed by atoms with Gasteiger partial charge in [0.1, 0.15) is 5.82 Å². The Labute approximate surface area is 265 Å². The Kier molecular flexibility index (Phi) is 10.2. The molecule has 7 heteroatoms. The predicted molar refractivity (Wildman–Crippen MR) is 183 cm³/mol. The number of para-hydroxylation sites is 2. The average molecular weight is 609 g/mol. The van der Waals surface area contributed by atoms with Gasteiger partial charge in [0.05, 0.1) is 24.1 Å². The normalized spacial score (nSPS) is 11.7. The van der Waals surface area contributed by atoms with Crippen molar-refractivity contribution in [2.45, 2.75) is 72.1 Å². The molecular formula is C37H44N4O2S. The summed E-state index contributed by atoms with van der Waals surface area (Å²) in [6, 6.07) is 30.7. The highest BCUT2D eigenvalue weighted by molar-refractivity contribution is 7.15. The second kappa shape index (κ2) is 14.2. The molecule has 5 rings (SSSR count). The monoisotopic (exact) mass is 608 g/mol. The average Bonchev–Trinajstić information content (AvgIpc) is 3.61. The summed E-state index contributed by atoms with van der Waals surface area (Å²) < 4.78 is 2.05. The summed E-state index contributed by atoms with van der Waals surface area (Å²) in [5.74, 6) is 0.648. The van der Waals surface area contributed by atoms with Crippen molar-refractivity contribution in [3.8, 4) is 10.4 Å². The molecule has 0 aliphatic carbocycles. The van der Waals surface area contributed by atoms with Gasteiger partial charge in [0.15, 0.2) is 0 Å². The standard InChI is InChI=1S/C37H44N4O2S/c1-6-28(7-2)29-16-18-31(19-17-29)41(26(3)4)22-27-12-14-30(15-13-27)35-21-20-32(44-35)23-40(25-37(42)43)24-36-38-33-10-8-9-11-34(33)39(36)5/h8-21,26,28H,6-7,22-25H2,1-5H3,(H,42,43). The summed E-state index contributed by atoms with van der Waals surface area (Å²) in [5.41, 5.74) is 7.11. The van der Waals surface area contributed by atoms with E-state index in [2.05, 4.69) is 97.8 Å². The predicted octanol–water partition coefficient (Wildman–Crippen LogP) is 8.71. The number of thiophene rings is 1. The van der Waals surface area contributed by atoms with E-state index in [1.807, 2.05) is 36.2 Å². The quantitative estimate of drug-likeness (QED) is 0.137. The zero-order valence-corrected chi connectivity index (χ0v) is 27.3. The van der Waals surface area contributed by atoms with Crippen molar-refractivity contribution in [1.29, 1.82) is 0 Å². The third kappa shape index (κ3) is 7.40. The third-order valence-electron chi connectivity index (χ3n) is 8.54. The number of carbonyl (C=O) groups is 1. The number of nitrogens with zero attached hydrogens (tertiary/aromatic N) is 4. The van der Waals surface area contributed by atoms with Gasteiger partial charge in [-0.2, -0.15) is 0 Å². The minimum Gasteiger partial charge on any atom is -0.480 e. The molecule has 44 heavy (non-hydrogen) atoms. The molecule has 230 valence electrons. The summed E-state index contributed by atoms with van der Waals surface area (Å²) in [7, 11) is 1.99. The molecule has 0 amide bonds. The van der Waals surface area contributed by atoms with E-state index in [0.29, 0.717) is 25.0 Å². The van der Waals surface area contributed by atoms with Crippen LogP contribution in [0.4, 0.5) is 5.69 Å². The van der Waals surface area contributed by atoms with Gasteiger partial charge >= 0.3 is 5.97 Å².